The van der Waals surface area contributed by atoms with Gasteiger partial charge in [-0.25, -0.2) is 9.97 Å². The number of carbonyl (C=O) groups is 1. The van der Waals surface area contributed by atoms with E-state index in [1.807, 2.05) is 30.3 Å². The first-order valence-electron chi connectivity index (χ1n) is 8.67. The van der Waals surface area contributed by atoms with Gasteiger partial charge in [-0.15, -0.1) is 0 Å². The summed E-state index contributed by atoms with van der Waals surface area (Å²) >= 11 is 0. The van der Waals surface area contributed by atoms with E-state index in [-0.39, 0.29) is 5.91 Å². The highest BCUT2D eigenvalue weighted by Gasteiger charge is 2.26. The van der Waals surface area contributed by atoms with E-state index in [0.717, 1.165) is 17.8 Å². The molecule has 0 fully saturated rings. The fraction of sp³-hybridized carbons (Fsp3) is 0.190. The van der Waals surface area contributed by atoms with Gasteiger partial charge in [-0.3, -0.25) is 4.79 Å². The first kappa shape index (κ1) is 16.3. The van der Waals surface area contributed by atoms with Crippen molar-refractivity contribution in [2.24, 2.45) is 0 Å². The fourth-order valence-electron chi connectivity index (χ4n) is 3.42. The van der Waals surface area contributed by atoms with Gasteiger partial charge in [0.2, 0.25) is 0 Å². The zero-order valence-corrected chi connectivity index (χ0v) is 14.9. The number of hydrogen-bond acceptors (Lipinski definition) is 4. The number of hydrogen-bond donors (Lipinski definition) is 1. The molecule has 0 saturated heterocycles. The number of aromatic nitrogens is 2. The van der Waals surface area contributed by atoms with Crippen LogP contribution in [-0.2, 0) is 6.42 Å². The Hall–Kier alpha value is -3.21. The summed E-state index contributed by atoms with van der Waals surface area (Å²) in [4.78, 5) is 23.2. The molecule has 1 aliphatic rings. The van der Waals surface area contributed by atoms with Crippen LogP contribution in [-0.4, -0.2) is 22.4 Å². The molecule has 3 aromatic rings. The van der Waals surface area contributed by atoms with E-state index in [0.29, 0.717) is 18.1 Å². The average molecular weight is 344 g/mol. The number of fused-ring (bicyclic) bond motifs is 1. The van der Waals surface area contributed by atoms with Gasteiger partial charge in [-0.2, -0.15) is 0 Å². The molecule has 26 heavy (non-hydrogen) atoms. The number of para-hydroxylation sites is 1. The summed E-state index contributed by atoms with van der Waals surface area (Å²) < 4.78 is 0. The second-order valence-electron chi connectivity index (χ2n) is 6.63. The lowest BCUT2D eigenvalue weighted by Gasteiger charge is -2.17. The maximum Gasteiger partial charge on any atom is 0.277 e. The summed E-state index contributed by atoms with van der Waals surface area (Å²) in [5.41, 5.74) is 5.86. The van der Waals surface area contributed by atoms with Gasteiger partial charge in [0.1, 0.15) is 17.8 Å². The Balaban J connectivity index is 1.59. The van der Waals surface area contributed by atoms with E-state index in [1.165, 1.54) is 23.0 Å². The third-order valence-electron chi connectivity index (χ3n) is 4.51. The Bertz CT molecular complexity index is 963. The first-order chi connectivity index (χ1) is 12.6. The molecule has 1 amide bonds. The Kier molecular flexibility index (Phi) is 4.13. The average Bonchev–Trinajstić information content (AvgIpc) is 3.04. The minimum Gasteiger partial charge on any atom is -0.340 e. The SMILES string of the molecule is Cc1cc(C)cc(Nc2cc(C(=O)N3CCc4ccccc43)ncn2)c1. The summed E-state index contributed by atoms with van der Waals surface area (Å²) in [6, 6.07) is 15.9. The number of nitrogens with one attached hydrogen (secondary N) is 1. The van der Waals surface area contributed by atoms with Crippen molar-refractivity contribution in [1.82, 2.24) is 9.97 Å². The topological polar surface area (TPSA) is 58.1 Å². The van der Waals surface area contributed by atoms with E-state index >= 15 is 0 Å². The Morgan fingerprint density at radius 3 is 2.62 bits per heavy atom. The van der Waals surface area contributed by atoms with Gasteiger partial charge in [-0.1, -0.05) is 24.3 Å². The minimum atomic E-state index is -0.0965. The van der Waals surface area contributed by atoms with Gasteiger partial charge in [0.25, 0.3) is 5.91 Å². The number of rotatable bonds is 3. The summed E-state index contributed by atoms with van der Waals surface area (Å²) in [5.74, 6) is 0.515. The maximum absolute atomic E-state index is 12.9. The van der Waals surface area contributed by atoms with Gasteiger partial charge in [0.05, 0.1) is 0 Å². The molecular weight excluding hydrogens is 324 g/mol. The molecule has 0 radical (unpaired) electrons. The van der Waals surface area contributed by atoms with Crippen molar-refractivity contribution in [3.05, 3.63) is 77.2 Å². The molecule has 1 aliphatic heterocycles. The van der Waals surface area contributed by atoms with Crippen molar-refractivity contribution < 1.29 is 4.79 Å². The molecular formula is C21H20N4O. The lowest BCUT2D eigenvalue weighted by Crippen LogP contribution is -2.29. The van der Waals surface area contributed by atoms with Crippen LogP contribution in [0.15, 0.2) is 54.9 Å². The molecule has 1 N–H and O–H groups in total. The largest absolute Gasteiger partial charge is 0.340 e. The molecule has 0 bridgehead atoms. The number of benzene rings is 2. The quantitative estimate of drug-likeness (QED) is 0.779. The fourth-order valence-corrected chi connectivity index (χ4v) is 3.42. The summed E-state index contributed by atoms with van der Waals surface area (Å²) in [6.45, 7) is 4.79. The van der Waals surface area contributed by atoms with Gasteiger partial charge in [0, 0.05) is 24.0 Å². The predicted molar refractivity (Wildman–Crippen MR) is 103 cm³/mol. The van der Waals surface area contributed by atoms with E-state index in [9.17, 15) is 4.79 Å². The monoisotopic (exact) mass is 344 g/mol. The molecule has 0 spiro atoms. The van der Waals surface area contributed by atoms with Gasteiger partial charge < -0.3 is 10.2 Å². The zero-order chi connectivity index (χ0) is 18.1. The maximum atomic E-state index is 12.9. The number of carbonyl (C=O) groups excluding carboxylic acids is 1. The number of aryl methyl sites for hydroxylation is 2. The highest BCUT2D eigenvalue weighted by atomic mass is 16.2. The molecule has 4 rings (SSSR count). The van der Waals surface area contributed by atoms with Crippen LogP contribution in [0.4, 0.5) is 17.2 Å². The Morgan fingerprint density at radius 2 is 1.81 bits per heavy atom. The van der Waals surface area contributed by atoms with Gasteiger partial charge in [-0.05, 0) is 55.2 Å². The predicted octanol–water partition coefficient (Wildman–Crippen LogP) is 4.04. The first-order valence-corrected chi connectivity index (χ1v) is 8.67. The van der Waals surface area contributed by atoms with Crippen molar-refractivity contribution in [3.63, 3.8) is 0 Å². The van der Waals surface area contributed by atoms with E-state index in [4.69, 9.17) is 0 Å². The number of nitrogens with zero attached hydrogens (tertiary/aromatic N) is 3. The van der Waals surface area contributed by atoms with Crippen LogP contribution in [0.5, 0.6) is 0 Å². The van der Waals surface area contributed by atoms with E-state index in [1.54, 1.807) is 11.0 Å². The van der Waals surface area contributed by atoms with Crippen molar-refractivity contribution in [1.29, 1.82) is 0 Å². The molecule has 5 heteroatoms. The summed E-state index contributed by atoms with van der Waals surface area (Å²) in [5, 5.41) is 3.27. The molecule has 0 aliphatic carbocycles. The van der Waals surface area contributed by atoms with Gasteiger partial charge in [0.15, 0.2) is 0 Å². The van der Waals surface area contributed by atoms with Crippen molar-refractivity contribution >= 4 is 23.1 Å². The van der Waals surface area contributed by atoms with Crippen LogP contribution in [0, 0.1) is 13.8 Å². The molecule has 1 aromatic heterocycles. The second-order valence-corrected chi connectivity index (χ2v) is 6.63. The molecule has 2 heterocycles. The lowest BCUT2D eigenvalue weighted by molar-refractivity contribution is 0.0984. The van der Waals surface area contributed by atoms with Crippen LogP contribution in [0.3, 0.4) is 0 Å². The van der Waals surface area contributed by atoms with Crippen LogP contribution >= 0.6 is 0 Å². The standard InChI is InChI=1S/C21H20N4O/c1-14-9-15(2)11-17(10-14)24-20-12-18(22-13-23-20)21(26)25-8-7-16-5-3-4-6-19(16)25/h3-6,9-13H,7-8H2,1-2H3,(H,22,23,24). The number of anilines is 3. The highest BCUT2D eigenvalue weighted by molar-refractivity contribution is 6.06. The molecule has 5 nitrogen and oxygen atoms in total. The lowest BCUT2D eigenvalue weighted by atomic mass is 10.1. The Labute approximate surface area is 152 Å². The van der Waals surface area contributed by atoms with Gasteiger partial charge >= 0.3 is 0 Å². The molecule has 130 valence electrons. The normalized spacial score (nSPS) is 12.8. The molecule has 0 saturated carbocycles. The van der Waals surface area contributed by atoms with Crippen molar-refractivity contribution in [2.75, 3.05) is 16.8 Å². The zero-order valence-electron chi connectivity index (χ0n) is 14.9. The minimum absolute atomic E-state index is 0.0965. The summed E-state index contributed by atoms with van der Waals surface area (Å²) in [6.07, 6.45) is 2.31. The molecule has 0 unspecified atom stereocenters. The van der Waals surface area contributed by atoms with E-state index in [2.05, 4.69) is 41.3 Å². The van der Waals surface area contributed by atoms with Crippen LogP contribution < -0.4 is 10.2 Å². The van der Waals surface area contributed by atoms with Crippen LogP contribution in [0.2, 0.25) is 0 Å². The van der Waals surface area contributed by atoms with Crippen molar-refractivity contribution in [3.8, 4) is 0 Å². The molecule has 0 atom stereocenters. The Morgan fingerprint density at radius 1 is 1.04 bits per heavy atom. The highest BCUT2D eigenvalue weighted by Crippen LogP contribution is 2.29. The van der Waals surface area contributed by atoms with Crippen LogP contribution in [0.25, 0.3) is 0 Å². The van der Waals surface area contributed by atoms with Crippen LogP contribution in [0.1, 0.15) is 27.2 Å². The van der Waals surface area contributed by atoms with Crippen molar-refractivity contribution in [2.45, 2.75) is 20.3 Å². The third-order valence-corrected chi connectivity index (χ3v) is 4.51. The smallest absolute Gasteiger partial charge is 0.277 e. The summed E-state index contributed by atoms with van der Waals surface area (Å²) in [7, 11) is 0. The second kappa shape index (κ2) is 6.59. The molecule has 2 aromatic carbocycles. The third kappa shape index (κ3) is 3.16. The number of amides is 1. The van der Waals surface area contributed by atoms with E-state index < -0.39 is 0 Å².